The van der Waals surface area contributed by atoms with Gasteiger partial charge in [-0.2, -0.15) is 14.6 Å². The summed E-state index contributed by atoms with van der Waals surface area (Å²) in [7, 11) is 0. The molecule has 2 amide bonds. The first-order valence-electron chi connectivity index (χ1n) is 16.5. The molecule has 4 N–H and O–H groups in total. The van der Waals surface area contributed by atoms with Gasteiger partial charge in [-0.25, -0.2) is 19.0 Å². The number of carbonyl (C=O) groups excluding carboxylic acids is 3. The van der Waals surface area contributed by atoms with Crippen LogP contribution in [0, 0.1) is 17.7 Å². The zero-order valence-electron chi connectivity index (χ0n) is 28.1. The van der Waals surface area contributed by atoms with Gasteiger partial charge in [-0.15, -0.1) is 11.3 Å². The van der Waals surface area contributed by atoms with Crippen molar-refractivity contribution < 1.29 is 32.6 Å². The van der Waals surface area contributed by atoms with Crippen LogP contribution in [0.3, 0.4) is 0 Å². The number of nitrogens with zero attached hydrogens (tertiary/aromatic N) is 6. The average molecular weight is 714 g/mol. The minimum absolute atomic E-state index is 0.00800. The highest BCUT2D eigenvalue weighted by Crippen LogP contribution is 2.34. The quantitative estimate of drug-likeness (QED) is 0.0888. The maximum Gasteiger partial charge on any atom is 0.307 e. The molecule has 0 spiro atoms. The number of nitrogens with two attached hydrogens (primary N) is 1. The molecule has 50 heavy (non-hydrogen) atoms. The van der Waals surface area contributed by atoms with Crippen LogP contribution in [-0.4, -0.2) is 72.6 Å². The molecule has 0 bridgehead atoms. The van der Waals surface area contributed by atoms with Crippen molar-refractivity contribution in [2.45, 2.75) is 84.2 Å². The van der Waals surface area contributed by atoms with Crippen molar-refractivity contribution in [1.29, 1.82) is 0 Å². The molecular formula is C33H41F2N9O5S. The second-order valence-electron chi connectivity index (χ2n) is 12.3. The number of thiazole rings is 1. The summed E-state index contributed by atoms with van der Waals surface area (Å²) >= 11 is 1.20. The third-order valence-electron chi connectivity index (χ3n) is 8.29. The number of carbonyl (C=O) groups is 3. The van der Waals surface area contributed by atoms with E-state index in [0.717, 1.165) is 37.8 Å². The first-order valence-corrected chi connectivity index (χ1v) is 17.4. The van der Waals surface area contributed by atoms with E-state index < -0.39 is 29.7 Å². The molecule has 0 radical (unpaired) electrons. The van der Waals surface area contributed by atoms with E-state index in [2.05, 4.69) is 30.8 Å². The van der Waals surface area contributed by atoms with Gasteiger partial charge >= 0.3 is 5.97 Å². The maximum absolute atomic E-state index is 14.8. The topological polar surface area (TPSA) is 181 Å². The molecule has 4 heterocycles. The Morgan fingerprint density at radius 2 is 1.88 bits per heavy atom. The second kappa shape index (κ2) is 16.9. The standard InChI is InChI=1S/C33H41F2N9O5S/c1-4-48-22-9-7-21(8-10-22)44-16-24(30(42-44)29-23(34)11-12-26(35)41-29)39-31(46)25-17-50-33(40-25)20-14-38-43(15-20)18-49-27(45)6-5-13-37-32(47)28(36)19(2)3/h11-12,14-17,19,21-22,28H,4-10,13,18,36H2,1-3H3,(H,37,47)(H,39,46)/t21-,22-,28?. The summed E-state index contributed by atoms with van der Waals surface area (Å²) in [6.07, 6.45) is 8.65. The molecule has 14 nitrogen and oxygen atoms in total. The normalized spacial score (nSPS) is 16.7. The molecule has 1 unspecified atom stereocenters. The summed E-state index contributed by atoms with van der Waals surface area (Å²) in [5.41, 5.74) is 6.36. The summed E-state index contributed by atoms with van der Waals surface area (Å²) in [4.78, 5) is 45.6. The van der Waals surface area contributed by atoms with Crippen LogP contribution in [0.15, 0.2) is 36.1 Å². The van der Waals surface area contributed by atoms with Gasteiger partial charge in [0.1, 0.15) is 22.1 Å². The SMILES string of the molecule is CCO[C@H]1CC[C@H](n2cc(NC(=O)c3csc(-c4cnn(COC(=O)CCCNC(=O)C(N)C(C)C)c4)n3)c(-c3nc(F)ccc3F)n2)CC1. The number of anilines is 1. The number of amides is 2. The van der Waals surface area contributed by atoms with E-state index in [1.165, 1.54) is 22.2 Å². The molecule has 0 aromatic carbocycles. The molecule has 1 aliphatic rings. The predicted molar refractivity (Wildman–Crippen MR) is 181 cm³/mol. The Bertz CT molecular complexity index is 1780. The predicted octanol–water partition coefficient (Wildman–Crippen LogP) is 4.70. The van der Waals surface area contributed by atoms with Crippen molar-refractivity contribution >= 4 is 34.8 Å². The summed E-state index contributed by atoms with van der Waals surface area (Å²) in [6.45, 7) is 6.48. The van der Waals surface area contributed by atoms with Gasteiger partial charge in [-0.05, 0) is 57.1 Å². The van der Waals surface area contributed by atoms with E-state index in [0.29, 0.717) is 30.1 Å². The Morgan fingerprint density at radius 1 is 1.10 bits per heavy atom. The molecule has 1 atom stereocenters. The van der Waals surface area contributed by atoms with Crippen LogP contribution < -0.4 is 16.4 Å². The highest BCUT2D eigenvalue weighted by Gasteiger charge is 2.27. The van der Waals surface area contributed by atoms with Crippen LogP contribution in [0.2, 0.25) is 0 Å². The van der Waals surface area contributed by atoms with Gasteiger partial charge in [0.2, 0.25) is 11.9 Å². The molecular weight excluding hydrogens is 672 g/mol. The molecule has 4 aromatic rings. The monoisotopic (exact) mass is 713 g/mol. The van der Waals surface area contributed by atoms with Crippen molar-refractivity contribution in [1.82, 2.24) is 34.8 Å². The van der Waals surface area contributed by atoms with Gasteiger partial charge in [0.15, 0.2) is 12.5 Å². The summed E-state index contributed by atoms with van der Waals surface area (Å²) < 4.78 is 43.1. The number of aromatic nitrogens is 6. The van der Waals surface area contributed by atoms with Crippen molar-refractivity contribution in [3.8, 4) is 22.0 Å². The number of ether oxygens (including phenoxy) is 2. The lowest BCUT2D eigenvalue weighted by atomic mass is 9.93. The smallest absolute Gasteiger partial charge is 0.307 e. The maximum atomic E-state index is 14.8. The Balaban J connectivity index is 1.19. The summed E-state index contributed by atoms with van der Waals surface area (Å²) in [5.74, 6) is -2.93. The number of nitrogens with one attached hydrogen (secondary N) is 2. The minimum atomic E-state index is -0.877. The van der Waals surface area contributed by atoms with Gasteiger partial charge in [0, 0.05) is 42.9 Å². The molecule has 1 fully saturated rings. The van der Waals surface area contributed by atoms with Crippen molar-refractivity contribution in [3.63, 3.8) is 0 Å². The lowest BCUT2D eigenvalue weighted by molar-refractivity contribution is -0.148. The van der Waals surface area contributed by atoms with Crippen LogP contribution in [0.25, 0.3) is 22.0 Å². The lowest BCUT2D eigenvalue weighted by Crippen LogP contribution is -2.44. The van der Waals surface area contributed by atoms with Crippen molar-refractivity contribution in [3.05, 3.63) is 53.6 Å². The van der Waals surface area contributed by atoms with Crippen molar-refractivity contribution in [2.24, 2.45) is 11.7 Å². The molecule has 268 valence electrons. The summed E-state index contributed by atoms with van der Waals surface area (Å²) in [5, 5.41) is 16.3. The zero-order valence-corrected chi connectivity index (χ0v) is 28.9. The largest absolute Gasteiger partial charge is 0.442 e. The van der Waals surface area contributed by atoms with Crippen LogP contribution in [0.1, 0.15) is 75.8 Å². The molecule has 1 aliphatic carbocycles. The van der Waals surface area contributed by atoms with Crippen molar-refractivity contribution in [2.75, 3.05) is 18.5 Å². The van der Waals surface area contributed by atoms with E-state index in [9.17, 15) is 23.2 Å². The second-order valence-corrected chi connectivity index (χ2v) is 13.2. The minimum Gasteiger partial charge on any atom is -0.442 e. The Kier molecular flexibility index (Phi) is 12.4. The molecule has 5 rings (SSSR count). The highest BCUT2D eigenvalue weighted by atomic mass is 32.1. The number of hydrogen-bond acceptors (Lipinski definition) is 11. The van der Waals surface area contributed by atoms with Gasteiger partial charge < -0.3 is 25.8 Å². The number of halogens is 2. The zero-order chi connectivity index (χ0) is 35.8. The fourth-order valence-corrected chi connectivity index (χ4v) is 6.23. The van der Waals surface area contributed by atoms with Crippen LogP contribution in [0.4, 0.5) is 14.5 Å². The number of esters is 1. The molecule has 17 heteroatoms. The fourth-order valence-electron chi connectivity index (χ4n) is 5.46. The fraction of sp³-hybridized carbons (Fsp3) is 0.485. The van der Waals surface area contributed by atoms with Gasteiger partial charge in [-0.1, -0.05) is 13.8 Å². The van der Waals surface area contributed by atoms with E-state index in [1.54, 1.807) is 22.5 Å². The molecule has 0 saturated heterocycles. The van der Waals surface area contributed by atoms with E-state index in [4.69, 9.17) is 15.2 Å². The van der Waals surface area contributed by atoms with E-state index in [1.807, 2.05) is 20.8 Å². The molecule has 1 saturated carbocycles. The van der Waals surface area contributed by atoms with Crippen LogP contribution >= 0.6 is 11.3 Å². The van der Waals surface area contributed by atoms with Gasteiger partial charge in [0.05, 0.1) is 30.1 Å². The first-order chi connectivity index (χ1) is 24.0. The third-order valence-corrected chi connectivity index (χ3v) is 9.18. The third kappa shape index (κ3) is 9.34. The Labute approximate surface area is 291 Å². The highest BCUT2D eigenvalue weighted by molar-refractivity contribution is 7.13. The summed E-state index contributed by atoms with van der Waals surface area (Å²) in [6, 6.07) is 1.27. The number of hydrogen-bond donors (Lipinski definition) is 3. The molecule has 4 aromatic heterocycles. The number of rotatable bonds is 15. The van der Waals surface area contributed by atoms with E-state index >= 15 is 0 Å². The van der Waals surface area contributed by atoms with E-state index in [-0.39, 0.29) is 59.9 Å². The van der Waals surface area contributed by atoms with Gasteiger partial charge in [0.25, 0.3) is 5.91 Å². The average Bonchev–Trinajstić information content (AvgIpc) is 3.87. The first kappa shape index (κ1) is 36.7. The van der Waals surface area contributed by atoms with Crippen LogP contribution in [0.5, 0.6) is 0 Å². The van der Waals surface area contributed by atoms with Crippen LogP contribution in [-0.2, 0) is 25.8 Å². The Morgan fingerprint density at radius 3 is 2.62 bits per heavy atom. The van der Waals surface area contributed by atoms with Gasteiger partial charge in [-0.3, -0.25) is 19.1 Å². The molecule has 0 aliphatic heterocycles. The lowest BCUT2D eigenvalue weighted by Gasteiger charge is -2.28. The number of pyridine rings is 1. The Hall–Kier alpha value is -4.61.